The lowest BCUT2D eigenvalue weighted by Gasteiger charge is -2.26. The Morgan fingerprint density at radius 1 is 1.22 bits per heavy atom. The first-order valence-electron chi connectivity index (χ1n) is 8.97. The Balaban J connectivity index is 2.16. The molecule has 1 heterocycles. The van der Waals surface area contributed by atoms with Gasteiger partial charge in [0.15, 0.2) is 0 Å². The van der Waals surface area contributed by atoms with Gasteiger partial charge in [0.25, 0.3) is 0 Å². The molecule has 0 spiro atoms. The van der Waals surface area contributed by atoms with Crippen LogP contribution in [0.25, 0.3) is 0 Å². The van der Waals surface area contributed by atoms with Crippen LogP contribution in [0.2, 0.25) is 0 Å². The van der Waals surface area contributed by atoms with E-state index in [4.69, 9.17) is 4.74 Å². The Kier molecular flexibility index (Phi) is 3.66. The highest BCUT2D eigenvalue weighted by Crippen LogP contribution is 2.54. The van der Waals surface area contributed by atoms with E-state index in [9.17, 15) is 4.79 Å². The fourth-order valence-electron chi connectivity index (χ4n) is 3.77. The standard InChI is InChI=1S/C21H30O2/c1-7-8-17(22)21(9-10-21)14-11-15(19(2,3)4)18-16(12-14)20(5,6)13-23-18/h11-12H,7-10,13H2,1-6H3. The Bertz CT molecular complexity index is 643. The summed E-state index contributed by atoms with van der Waals surface area (Å²) in [5, 5.41) is 0. The zero-order valence-electron chi connectivity index (χ0n) is 15.5. The van der Waals surface area contributed by atoms with Crippen molar-refractivity contribution >= 4 is 5.78 Å². The SMILES string of the molecule is CCCC(=O)C1(c2cc(C(C)(C)C)c3c(c2)C(C)(C)CO3)CC1. The van der Waals surface area contributed by atoms with Gasteiger partial charge < -0.3 is 4.74 Å². The molecule has 1 aromatic rings. The van der Waals surface area contributed by atoms with Crippen molar-refractivity contribution in [2.45, 2.75) is 83.5 Å². The molecule has 0 radical (unpaired) electrons. The number of carbonyl (C=O) groups excluding carboxylic acids is 1. The lowest BCUT2D eigenvalue weighted by molar-refractivity contribution is -0.121. The van der Waals surface area contributed by atoms with Crippen molar-refractivity contribution in [2.75, 3.05) is 6.61 Å². The molecule has 1 aliphatic carbocycles. The zero-order chi connectivity index (χ0) is 17.0. The average molecular weight is 314 g/mol. The van der Waals surface area contributed by atoms with Crippen molar-refractivity contribution in [3.63, 3.8) is 0 Å². The predicted octanol–water partition coefficient (Wildman–Crippen LogP) is 5.05. The van der Waals surface area contributed by atoms with E-state index < -0.39 is 0 Å². The number of ketones is 1. The van der Waals surface area contributed by atoms with E-state index in [1.165, 1.54) is 16.7 Å². The van der Waals surface area contributed by atoms with Gasteiger partial charge in [-0.1, -0.05) is 53.7 Å². The number of benzene rings is 1. The van der Waals surface area contributed by atoms with Crippen LogP contribution >= 0.6 is 0 Å². The second-order valence-corrected chi connectivity index (χ2v) is 9.08. The fourth-order valence-corrected chi connectivity index (χ4v) is 3.77. The first-order valence-corrected chi connectivity index (χ1v) is 8.97. The molecular weight excluding hydrogens is 284 g/mol. The van der Waals surface area contributed by atoms with E-state index in [2.05, 4.69) is 53.7 Å². The molecule has 2 nitrogen and oxygen atoms in total. The third-order valence-corrected chi connectivity index (χ3v) is 5.52. The van der Waals surface area contributed by atoms with Gasteiger partial charge in [-0.05, 0) is 30.2 Å². The van der Waals surface area contributed by atoms with Gasteiger partial charge in [0.05, 0.1) is 12.0 Å². The maximum absolute atomic E-state index is 12.7. The van der Waals surface area contributed by atoms with Crippen LogP contribution in [-0.2, 0) is 21.0 Å². The van der Waals surface area contributed by atoms with Crippen LogP contribution in [0.1, 0.15) is 83.9 Å². The summed E-state index contributed by atoms with van der Waals surface area (Å²) in [6.07, 6.45) is 3.65. The van der Waals surface area contributed by atoms with Crippen LogP contribution in [0, 0.1) is 0 Å². The third kappa shape index (κ3) is 2.60. The Hall–Kier alpha value is -1.31. The quantitative estimate of drug-likeness (QED) is 0.777. The topological polar surface area (TPSA) is 26.3 Å². The van der Waals surface area contributed by atoms with Gasteiger partial charge >= 0.3 is 0 Å². The molecule has 2 heteroatoms. The Labute approximate surface area is 140 Å². The summed E-state index contributed by atoms with van der Waals surface area (Å²) in [4.78, 5) is 12.7. The molecule has 0 bridgehead atoms. The molecule has 0 unspecified atom stereocenters. The number of hydrogen-bond donors (Lipinski definition) is 0. The average Bonchev–Trinajstić information content (AvgIpc) is 3.20. The Morgan fingerprint density at radius 2 is 1.87 bits per heavy atom. The molecule has 3 rings (SSSR count). The van der Waals surface area contributed by atoms with E-state index in [-0.39, 0.29) is 16.2 Å². The van der Waals surface area contributed by atoms with Crippen molar-refractivity contribution < 1.29 is 9.53 Å². The van der Waals surface area contributed by atoms with Crippen LogP contribution in [0.15, 0.2) is 12.1 Å². The number of fused-ring (bicyclic) bond motifs is 1. The molecule has 0 saturated heterocycles. The lowest BCUT2D eigenvalue weighted by Crippen LogP contribution is -2.23. The van der Waals surface area contributed by atoms with Crippen LogP contribution in [0.5, 0.6) is 5.75 Å². The largest absolute Gasteiger partial charge is 0.492 e. The number of rotatable bonds is 4. The van der Waals surface area contributed by atoms with Gasteiger partial charge in [-0.15, -0.1) is 0 Å². The van der Waals surface area contributed by atoms with Crippen LogP contribution in [0.3, 0.4) is 0 Å². The van der Waals surface area contributed by atoms with Gasteiger partial charge in [0.1, 0.15) is 11.5 Å². The van der Waals surface area contributed by atoms with E-state index in [1.807, 2.05) is 0 Å². The van der Waals surface area contributed by atoms with Gasteiger partial charge in [0.2, 0.25) is 0 Å². The molecule has 0 amide bonds. The number of hydrogen-bond acceptors (Lipinski definition) is 2. The normalized spacial score (nSPS) is 20.8. The van der Waals surface area contributed by atoms with Crippen LogP contribution in [-0.4, -0.2) is 12.4 Å². The smallest absolute Gasteiger partial charge is 0.143 e. The van der Waals surface area contributed by atoms with E-state index in [0.717, 1.165) is 31.6 Å². The van der Waals surface area contributed by atoms with Crippen molar-refractivity contribution in [2.24, 2.45) is 0 Å². The molecule has 0 aromatic heterocycles. The summed E-state index contributed by atoms with van der Waals surface area (Å²) >= 11 is 0. The Morgan fingerprint density at radius 3 is 2.39 bits per heavy atom. The molecule has 2 aliphatic rings. The summed E-state index contributed by atoms with van der Waals surface area (Å²) < 4.78 is 6.08. The van der Waals surface area contributed by atoms with E-state index in [1.54, 1.807) is 0 Å². The minimum absolute atomic E-state index is 0.0183. The summed E-state index contributed by atoms with van der Waals surface area (Å²) in [5.74, 6) is 1.49. The monoisotopic (exact) mass is 314 g/mol. The number of ether oxygens (including phenoxy) is 1. The second-order valence-electron chi connectivity index (χ2n) is 9.08. The molecular formula is C21H30O2. The molecule has 1 fully saturated rings. The molecule has 0 N–H and O–H groups in total. The van der Waals surface area contributed by atoms with Gasteiger partial charge in [-0.2, -0.15) is 0 Å². The minimum Gasteiger partial charge on any atom is -0.492 e. The molecule has 1 aliphatic heterocycles. The molecule has 126 valence electrons. The van der Waals surface area contributed by atoms with Crippen molar-refractivity contribution in [1.29, 1.82) is 0 Å². The predicted molar refractivity (Wildman–Crippen MR) is 94.5 cm³/mol. The minimum atomic E-state index is -0.205. The summed E-state index contributed by atoms with van der Waals surface area (Å²) in [6.45, 7) is 14.0. The molecule has 0 atom stereocenters. The lowest BCUT2D eigenvalue weighted by atomic mass is 9.76. The number of carbonyl (C=O) groups is 1. The van der Waals surface area contributed by atoms with Gasteiger partial charge in [-0.25, -0.2) is 0 Å². The molecule has 1 aromatic carbocycles. The highest BCUT2D eigenvalue weighted by Gasteiger charge is 2.51. The van der Waals surface area contributed by atoms with Crippen LogP contribution in [0.4, 0.5) is 0 Å². The van der Waals surface area contributed by atoms with Gasteiger partial charge in [-0.3, -0.25) is 4.79 Å². The summed E-state index contributed by atoms with van der Waals surface area (Å²) in [5.41, 5.74) is 3.61. The highest BCUT2D eigenvalue weighted by atomic mass is 16.5. The maximum Gasteiger partial charge on any atom is 0.143 e. The first kappa shape index (κ1) is 16.5. The van der Waals surface area contributed by atoms with E-state index >= 15 is 0 Å². The molecule has 1 saturated carbocycles. The highest BCUT2D eigenvalue weighted by molar-refractivity contribution is 5.93. The van der Waals surface area contributed by atoms with Crippen molar-refractivity contribution in [3.8, 4) is 5.75 Å². The van der Waals surface area contributed by atoms with E-state index in [0.29, 0.717) is 12.2 Å². The zero-order valence-corrected chi connectivity index (χ0v) is 15.5. The molecule has 23 heavy (non-hydrogen) atoms. The maximum atomic E-state index is 12.7. The van der Waals surface area contributed by atoms with Gasteiger partial charge in [0, 0.05) is 23.0 Å². The summed E-state index contributed by atoms with van der Waals surface area (Å²) in [6, 6.07) is 4.54. The van der Waals surface area contributed by atoms with Crippen molar-refractivity contribution in [3.05, 3.63) is 28.8 Å². The second kappa shape index (κ2) is 5.09. The third-order valence-electron chi connectivity index (χ3n) is 5.52. The number of Topliss-reactive ketones (excluding diaryl/α,β-unsaturated/α-hetero) is 1. The fraction of sp³-hybridized carbons (Fsp3) is 0.667. The van der Waals surface area contributed by atoms with Crippen LogP contribution < -0.4 is 4.74 Å². The van der Waals surface area contributed by atoms with Crippen molar-refractivity contribution in [1.82, 2.24) is 0 Å². The summed E-state index contributed by atoms with van der Waals surface area (Å²) in [7, 11) is 0. The first-order chi connectivity index (χ1) is 10.6.